The first-order valence-electron chi connectivity index (χ1n) is 8.73. The molecule has 2 heterocycles. The summed E-state index contributed by atoms with van der Waals surface area (Å²) in [5, 5.41) is 0.821. The SMILES string of the molecule is CCCN1CCC(N2CCN(c3ccc(Cl)cc3)CC2)CC1. The van der Waals surface area contributed by atoms with Crippen molar-refractivity contribution >= 4 is 17.3 Å². The monoisotopic (exact) mass is 321 g/mol. The van der Waals surface area contributed by atoms with Gasteiger partial charge in [0.25, 0.3) is 0 Å². The first-order chi connectivity index (χ1) is 10.8. The number of likely N-dealkylation sites (tertiary alicyclic amines) is 1. The molecule has 1 aromatic carbocycles. The molecule has 0 saturated carbocycles. The van der Waals surface area contributed by atoms with Crippen molar-refractivity contribution in [1.29, 1.82) is 0 Å². The number of anilines is 1. The largest absolute Gasteiger partial charge is 0.369 e. The van der Waals surface area contributed by atoms with Crippen molar-refractivity contribution in [2.24, 2.45) is 0 Å². The molecule has 0 atom stereocenters. The standard InChI is InChI=1S/C18H28ClN3/c1-2-9-20-10-7-18(8-11-20)22-14-12-21(13-15-22)17-5-3-16(19)4-6-17/h3-6,18H,2,7-15H2,1H3. The Morgan fingerprint density at radius 1 is 0.955 bits per heavy atom. The summed E-state index contributed by atoms with van der Waals surface area (Å²) in [4.78, 5) is 7.83. The van der Waals surface area contributed by atoms with E-state index in [-0.39, 0.29) is 0 Å². The molecule has 1 aromatic rings. The number of hydrogen-bond donors (Lipinski definition) is 0. The lowest BCUT2D eigenvalue weighted by Gasteiger charge is -2.43. The third-order valence-electron chi connectivity index (χ3n) is 5.12. The second-order valence-electron chi connectivity index (χ2n) is 6.57. The molecule has 3 nitrogen and oxygen atoms in total. The fraction of sp³-hybridized carbons (Fsp3) is 0.667. The van der Waals surface area contributed by atoms with E-state index in [4.69, 9.17) is 11.6 Å². The van der Waals surface area contributed by atoms with E-state index in [9.17, 15) is 0 Å². The maximum absolute atomic E-state index is 5.98. The summed E-state index contributed by atoms with van der Waals surface area (Å²) >= 11 is 5.98. The third-order valence-corrected chi connectivity index (χ3v) is 5.37. The van der Waals surface area contributed by atoms with Crippen molar-refractivity contribution in [1.82, 2.24) is 9.80 Å². The quantitative estimate of drug-likeness (QED) is 0.842. The Balaban J connectivity index is 1.47. The van der Waals surface area contributed by atoms with Crippen LogP contribution in [-0.2, 0) is 0 Å². The van der Waals surface area contributed by atoms with Crippen LogP contribution < -0.4 is 4.90 Å². The minimum atomic E-state index is 0.806. The van der Waals surface area contributed by atoms with Crippen molar-refractivity contribution in [3.63, 3.8) is 0 Å². The molecule has 2 fully saturated rings. The minimum absolute atomic E-state index is 0.806. The molecule has 0 radical (unpaired) electrons. The van der Waals surface area contributed by atoms with E-state index in [1.54, 1.807) is 0 Å². The summed E-state index contributed by atoms with van der Waals surface area (Å²) in [5.41, 5.74) is 1.31. The maximum atomic E-state index is 5.98. The fourth-order valence-corrected chi connectivity index (χ4v) is 3.95. The van der Waals surface area contributed by atoms with Gasteiger partial charge in [0.15, 0.2) is 0 Å². The molecule has 2 aliphatic heterocycles. The zero-order chi connectivity index (χ0) is 15.4. The number of hydrogen-bond acceptors (Lipinski definition) is 3. The molecular weight excluding hydrogens is 294 g/mol. The molecule has 4 heteroatoms. The van der Waals surface area contributed by atoms with Crippen LogP contribution in [0.25, 0.3) is 0 Å². The van der Waals surface area contributed by atoms with E-state index in [0.717, 1.165) is 24.2 Å². The number of piperidine rings is 1. The lowest BCUT2D eigenvalue weighted by molar-refractivity contribution is 0.103. The van der Waals surface area contributed by atoms with E-state index in [1.807, 2.05) is 12.1 Å². The van der Waals surface area contributed by atoms with Crippen molar-refractivity contribution in [3.8, 4) is 0 Å². The molecule has 0 spiro atoms. The summed E-state index contributed by atoms with van der Waals surface area (Å²) in [7, 11) is 0. The van der Waals surface area contributed by atoms with Crippen molar-refractivity contribution < 1.29 is 0 Å². The van der Waals surface area contributed by atoms with Gasteiger partial charge < -0.3 is 9.80 Å². The predicted molar refractivity (Wildman–Crippen MR) is 95.0 cm³/mol. The lowest BCUT2D eigenvalue weighted by Crippen LogP contribution is -2.53. The van der Waals surface area contributed by atoms with E-state index in [0.29, 0.717) is 0 Å². The summed E-state index contributed by atoms with van der Waals surface area (Å²) in [6, 6.07) is 9.07. The molecular formula is C18H28ClN3. The summed E-state index contributed by atoms with van der Waals surface area (Å²) in [6.07, 6.45) is 3.98. The van der Waals surface area contributed by atoms with Crippen LogP contribution in [0.3, 0.4) is 0 Å². The van der Waals surface area contributed by atoms with Gasteiger partial charge in [0, 0.05) is 42.9 Å². The zero-order valence-corrected chi connectivity index (χ0v) is 14.4. The van der Waals surface area contributed by atoms with Gasteiger partial charge in [-0.15, -0.1) is 0 Å². The minimum Gasteiger partial charge on any atom is -0.369 e. The van der Waals surface area contributed by atoms with Crippen LogP contribution in [0.5, 0.6) is 0 Å². The second-order valence-corrected chi connectivity index (χ2v) is 7.01. The molecule has 0 amide bonds. The molecule has 0 aliphatic carbocycles. The van der Waals surface area contributed by atoms with E-state index < -0.39 is 0 Å². The van der Waals surface area contributed by atoms with Gasteiger partial charge in [0.1, 0.15) is 0 Å². The van der Waals surface area contributed by atoms with Crippen molar-refractivity contribution in [2.45, 2.75) is 32.2 Å². The highest BCUT2D eigenvalue weighted by Gasteiger charge is 2.27. The van der Waals surface area contributed by atoms with Crippen molar-refractivity contribution in [2.75, 3.05) is 50.7 Å². The predicted octanol–water partition coefficient (Wildman–Crippen LogP) is 3.34. The van der Waals surface area contributed by atoms with Gasteiger partial charge >= 0.3 is 0 Å². The smallest absolute Gasteiger partial charge is 0.0407 e. The van der Waals surface area contributed by atoms with Crippen LogP contribution in [0.15, 0.2) is 24.3 Å². The Labute approximate surface area is 139 Å². The number of rotatable bonds is 4. The molecule has 3 rings (SSSR count). The molecule has 22 heavy (non-hydrogen) atoms. The van der Waals surface area contributed by atoms with Crippen LogP contribution in [0, 0.1) is 0 Å². The average molecular weight is 322 g/mol. The van der Waals surface area contributed by atoms with Gasteiger partial charge in [-0.1, -0.05) is 18.5 Å². The topological polar surface area (TPSA) is 9.72 Å². The summed E-state index contributed by atoms with van der Waals surface area (Å²) in [5.74, 6) is 0. The normalized spacial score (nSPS) is 22.2. The number of piperazine rings is 1. The summed E-state index contributed by atoms with van der Waals surface area (Å²) in [6.45, 7) is 10.8. The second kappa shape index (κ2) is 7.67. The molecule has 2 saturated heterocycles. The lowest BCUT2D eigenvalue weighted by atomic mass is 10.0. The number of benzene rings is 1. The Bertz CT molecular complexity index is 446. The van der Waals surface area contributed by atoms with Gasteiger partial charge in [-0.3, -0.25) is 4.90 Å². The first-order valence-corrected chi connectivity index (χ1v) is 9.11. The van der Waals surface area contributed by atoms with Crippen LogP contribution in [-0.4, -0.2) is 61.7 Å². The molecule has 2 aliphatic rings. The Morgan fingerprint density at radius 3 is 2.18 bits per heavy atom. The Morgan fingerprint density at radius 2 is 1.59 bits per heavy atom. The number of halogens is 1. The van der Waals surface area contributed by atoms with Crippen LogP contribution >= 0.6 is 11.6 Å². The zero-order valence-electron chi connectivity index (χ0n) is 13.7. The highest BCUT2D eigenvalue weighted by atomic mass is 35.5. The summed E-state index contributed by atoms with van der Waals surface area (Å²) < 4.78 is 0. The van der Waals surface area contributed by atoms with Crippen LogP contribution in [0.2, 0.25) is 5.02 Å². The van der Waals surface area contributed by atoms with Crippen LogP contribution in [0.4, 0.5) is 5.69 Å². The average Bonchev–Trinajstić information content (AvgIpc) is 2.57. The van der Waals surface area contributed by atoms with Crippen LogP contribution in [0.1, 0.15) is 26.2 Å². The maximum Gasteiger partial charge on any atom is 0.0407 e. The van der Waals surface area contributed by atoms with Crippen molar-refractivity contribution in [3.05, 3.63) is 29.3 Å². The fourth-order valence-electron chi connectivity index (χ4n) is 3.82. The molecule has 0 aromatic heterocycles. The van der Waals surface area contributed by atoms with Gasteiger partial charge in [0.05, 0.1) is 0 Å². The highest BCUT2D eigenvalue weighted by Crippen LogP contribution is 2.22. The molecule has 122 valence electrons. The van der Waals surface area contributed by atoms with Gasteiger partial charge in [-0.05, 0) is 63.2 Å². The molecule has 0 N–H and O–H groups in total. The van der Waals surface area contributed by atoms with E-state index in [1.165, 1.54) is 57.7 Å². The van der Waals surface area contributed by atoms with E-state index >= 15 is 0 Å². The highest BCUT2D eigenvalue weighted by molar-refractivity contribution is 6.30. The first kappa shape index (κ1) is 16.1. The van der Waals surface area contributed by atoms with Gasteiger partial charge in [-0.2, -0.15) is 0 Å². The van der Waals surface area contributed by atoms with Gasteiger partial charge in [-0.25, -0.2) is 0 Å². The third kappa shape index (κ3) is 3.95. The van der Waals surface area contributed by atoms with Gasteiger partial charge in [0.2, 0.25) is 0 Å². The number of nitrogens with zero attached hydrogens (tertiary/aromatic N) is 3. The molecule has 0 bridgehead atoms. The Kier molecular flexibility index (Phi) is 5.61. The molecule has 0 unspecified atom stereocenters. The van der Waals surface area contributed by atoms with E-state index in [2.05, 4.69) is 33.8 Å². The Hall–Kier alpha value is -0.770.